The number of methoxy groups -OCH3 is 1. The Kier molecular flexibility index (Phi) is 5.58. The lowest BCUT2D eigenvalue weighted by atomic mass is 10.1. The maximum absolute atomic E-state index is 13.1. The van der Waals surface area contributed by atoms with E-state index in [4.69, 9.17) is 4.74 Å². The lowest BCUT2D eigenvalue weighted by molar-refractivity contribution is -0.138. The zero-order valence-electron chi connectivity index (χ0n) is 14.8. The van der Waals surface area contributed by atoms with Crippen LogP contribution in [0.3, 0.4) is 0 Å². The van der Waals surface area contributed by atoms with Gasteiger partial charge in [0.15, 0.2) is 0 Å². The predicted molar refractivity (Wildman–Crippen MR) is 96.6 cm³/mol. The number of alkyl halides is 3. The van der Waals surface area contributed by atoms with E-state index in [9.17, 15) is 18.0 Å². The molecule has 1 aromatic heterocycles. The molecular formula is C20H16F3N3O2. The molecule has 0 saturated carbocycles. The number of aromatic nitrogens is 2. The molecule has 0 bridgehead atoms. The van der Waals surface area contributed by atoms with Gasteiger partial charge in [-0.2, -0.15) is 13.2 Å². The highest BCUT2D eigenvalue weighted by Crippen LogP contribution is 2.31. The number of amides is 1. The molecule has 0 unspecified atom stereocenters. The van der Waals surface area contributed by atoms with Gasteiger partial charge in [0, 0.05) is 23.7 Å². The third-order valence-corrected chi connectivity index (χ3v) is 4.03. The molecule has 8 heteroatoms. The first-order valence-electron chi connectivity index (χ1n) is 8.30. The van der Waals surface area contributed by atoms with E-state index in [1.54, 1.807) is 36.4 Å². The highest BCUT2D eigenvalue weighted by molar-refractivity contribution is 5.95. The van der Waals surface area contributed by atoms with E-state index in [2.05, 4.69) is 15.5 Å². The highest BCUT2D eigenvalue weighted by Gasteiger charge is 2.32. The van der Waals surface area contributed by atoms with E-state index in [1.165, 1.54) is 25.3 Å². The zero-order chi connectivity index (χ0) is 20.1. The van der Waals surface area contributed by atoms with Crippen LogP contribution in [0.15, 0.2) is 60.7 Å². The third-order valence-electron chi connectivity index (χ3n) is 4.03. The molecule has 2 aromatic carbocycles. The van der Waals surface area contributed by atoms with Crippen molar-refractivity contribution < 1.29 is 22.7 Å². The summed E-state index contributed by atoms with van der Waals surface area (Å²) < 4.78 is 44.1. The van der Waals surface area contributed by atoms with Crippen LogP contribution in [0.2, 0.25) is 0 Å². The number of benzene rings is 2. The van der Waals surface area contributed by atoms with E-state index >= 15 is 0 Å². The molecule has 0 aliphatic carbocycles. The normalized spacial score (nSPS) is 11.1. The molecule has 0 saturated heterocycles. The largest absolute Gasteiger partial charge is 0.480 e. The average Bonchev–Trinajstić information content (AvgIpc) is 2.71. The number of rotatable bonds is 5. The number of nitrogens with zero attached hydrogens (tertiary/aromatic N) is 2. The fourth-order valence-corrected chi connectivity index (χ4v) is 2.63. The van der Waals surface area contributed by atoms with Crippen LogP contribution in [0.25, 0.3) is 11.3 Å². The molecule has 28 heavy (non-hydrogen) atoms. The number of carbonyl (C=O) groups excluding carboxylic acids is 1. The maximum atomic E-state index is 13.1. The molecule has 1 heterocycles. The number of ether oxygens (including phenoxy) is 1. The Morgan fingerprint density at radius 1 is 1.04 bits per heavy atom. The van der Waals surface area contributed by atoms with E-state index in [0.717, 1.165) is 6.07 Å². The van der Waals surface area contributed by atoms with E-state index in [0.29, 0.717) is 22.7 Å². The van der Waals surface area contributed by atoms with Gasteiger partial charge in [0.05, 0.1) is 18.4 Å². The molecule has 0 aliphatic heterocycles. The predicted octanol–water partition coefficient (Wildman–Crippen LogP) is 4.10. The van der Waals surface area contributed by atoms with Gasteiger partial charge in [-0.25, -0.2) is 0 Å². The Morgan fingerprint density at radius 2 is 1.82 bits per heavy atom. The average molecular weight is 387 g/mol. The summed E-state index contributed by atoms with van der Waals surface area (Å²) in [7, 11) is 1.48. The summed E-state index contributed by atoms with van der Waals surface area (Å²) in [5.74, 6) is -0.124. The summed E-state index contributed by atoms with van der Waals surface area (Å²) in [5, 5.41) is 10.4. The van der Waals surface area contributed by atoms with Crippen molar-refractivity contribution in [2.24, 2.45) is 0 Å². The molecule has 0 aliphatic rings. The number of carbonyl (C=O) groups is 1. The van der Waals surface area contributed by atoms with Crippen molar-refractivity contribution >= 4 is 5.91 Å². The molecule has 5 nitrogen and oxygen atoms in total. The lowest BCUT2D eigenvalue weighted by Gasteiger charge is -2.13. The van der Waals surface area contributed by atoms with Gasteiger partial charge in [0.2, 0.25) is 5.88 Å². The van der Waals surface area contributed by atoms with Crippen molar-refractivity contribution in [2.45, 2.75) is 12.7 Å². The molecular weight excluding hydrogens is 371 g/mol. The molecule has 0 radical (unpaired) electrons. The van der Waals surface area contributed by atoms with Crippen LogP contribution in [0.1, 0.15) is 21.5 Å². The molecule has 0 fully saturated rings. The van der Waals surface area contributed by atoms with Gasteiger partial charge in [-0.3, -0.25) is 4.79 Å². The monoisotopic (exact) mass is 387 g/mol. The van der Waals surface area contributed by atoms with Crippen molar-refractivity contribution in [3.63, 3.8) is 0 Å². The molecule has 144 valence electrons. The zero-order valence-corrected chi connectivity index (χ0v) is 14.8. The topological polar surface area (TPSA) is 64.1 Å². The molecule has 1 amide bonds. The van der Waals surface area contributed by atoms with Crippen molar-refractivity contribution in [1.82, 2.24) is 15.5 Å². The summed E-state index contributed by atoms with van der Waals surface area (Å²) in [5.41, 5.74) is 0.731. The minimum Gasteiger partial charge on any atom is -0.480 e. The molecule has 0 spiro atoms. The van der Waals surface area contributed by atoms with Gasteiger partial charge in [0.1, 0.15) is 0 Å². The number of nitrogens with one attached hydrogen (secondary N) is 1. The van der Waals surface area contributed by atoms with E-state index < -0.39 is 17.6 Å². The Bertz CT molecular complexity index is 973. The van der Waals surface area contributed by atoms with Crippen LogP contribution in [0.5, 0.6) is 5.88 Å². The van der Waals surface area contributed by atoms with Gasteiger partial charge in [-0.05, 0) is 29.8 Å². The molecule has 1 N–H and O–H groups in total. The van der Waals surface area contributed by atoms with Crippen molar-refractivity contribution in [3.05, 3.63) is 77.4 Å². The van der Waals surface area contributed by atoms with Gasteiger partial charge in [-0.15, -0.1) is 10.2 Å². The lowest BCUT2D eigenvalue weighted by Crippen LogP contribution is -2.24. The summed E-state index contributed by atoms with van der Waals surface area (Å²) in [6.45, 7) is -0.235. The first kappa shape index (κ1) is 19.3. The second-order valence-electron chi connectivity index (χ2n) is 5.88. The van der Waals surface area contributed by atoms with Crippen molar-refractivity contribution in [3.8, 4) is 17.1 Å². The SMILES string of the molecule is COc1ccc(-c2cccc(C(=O)NCc3ccccc3C(F)(F)F)c2)nn1. The fraction of sp³-hybridized carbons (Fsp3) is 0.150. The first-order chi connectivity index (χ1) is 13.4. The Hall–Kier alpha value is -3.42. The number of hydrogen-bond acceptors (Lipinski definition) is 4. The standard InChI is InChI=1S/C20H16F3N3O2/c1-28-18-10-9-17(25-26-18)13-6-4-7-14(11-13)19(27)24-12-15-5-2-3-8-16(15)20(21,22)23/h2-11H,12H2,1H3,(H,24,27). The summed E-state index contributed by atoms with van der Waals surface area (Å²) in [6.07, 6.45) is -4.48. The molecule has 3 rings (SSSR count). The van der Waals surface area contributed by atoms with Crippen LogP contribution in [-0.4, -0.2) is 23.2 Å². The second kappa shape index (κ2) is 8.08. The fourth-order valence-electron chi connectivity index (χ4n) is 2.63. The van der Waals surface area contributed by atoms with Crippen molar-refractivity contribution in [1.29, 1.82) is 0 Å². The smallest absolute Gasteiger partial charge is 0.416 e. The summed E-state index contributed by atoms with van der Waals surface area (Å²) in [6, 6.07) is 15.1. The highest BCUT2D eigenvalue weighted by atomic mass is 19.4. The van der Waals surface area contributed by atoms with Gasteiger partial charge < -0.3 is 10.1 Å². The quantitative estimate of drug-likeness (QED) is 0.716. The number of halogens is 3. The summed E-state index contributed by atoms with van der Waals surface area (Å²) >= 11 is 0. The maximum Gasteiger partial charge on any atom is 0.416 e. The van der Waals surface area contributed by atoms with Crippen LogP contribution in [0.4, 0.5) is 13.2 Å². The van der Waals surface area contributed by atoms with Gasteiger partial charge >= 0.3 is 6.18 Å². The first-order valence-corrected chi connectivity index (χ1v) is 8.30. The van der Waals surface area contributed by atoms with E-state index in [-0.39, 0.29) is 12.1 Å². The Balaban J connectivity index is 1.75. The Morgan fingerprint density at radius 3 is 2.50 bits per heavy atom. The second-order valence-corrected chi connectivity index (χ2v) is 5.88. The van der Waals surface area contributed by atoms with Gasteiger partial charge in [0.25, 0.3) is 5.91 Å². The van der Waals surface area contributed by atoms with Crippen LogP contribution < -0.4 is 10.1 Å². The van der Waals surface area contributed by atoms with Crippen LogP contribution in [-0.2, 0) is 12.7 Å². The van der Waals surface area contributed by atoms with E-state index in [1.807, 2.05) is 0 Å². The molecule has 3 aromatic rings. The minimum absolute atomic E-state index is 0.000487. The number of hydrogen-bond donors (Lipinski definition) is 1. The minimum atomic E-state index is -4.48. The van der Waals surface area contributed by atoms with Crippen LogP contribution >= 0.6 is 0 Å². The van der Waals surface area contributed by atoms with Crippen LogP contribution in [0, 0.1) is 0 Å². The molecule has 0 atom stereocenters. The van der Waals surface area contributed by atoms with Gasteiger partial charge in [-0.1, -0.05) is 30.3 Å². The Labute approximate surface area is 159 Å². The van der Waals surface area contributed by atoms with Crippen molar-refractivity contribution in [2.75, 3.05) is 7.11 Å². The third kappa shape index (κ3) is 4.46. The summed E-state index contributed by atoms with van der Waals surface area (Å²) in [4.78, 5) is 12.4.